The average Bonchev–Trinajstić information content (AvgIpc) is 3.15. The van der Waals surface area contributed by atoms with Gasteiger partial charge in [-0.2, -0.15) is 0 Å². The topological polar surface area (TPSA) is 75.7 Å². The lowest BCUT2D eigenvalue weighted by molar-refractivity contribution is -0.143. The van der Waals surface area contributed by atoms with E-state index < -0.39 is 6.04 Å². The van der Waals surface area contributed by atoms with Gasteiger partial charge in [-0.1, -0.05) is 18.2 Å². The third-order valence-electron chi connectivity index (χ3n) is 4.74. The molecule has 0 radical (unpaired) electrons. The smallest absolute Gasteiger partial charge is 0.328 e. The molecule has 128 valence electrons. The van der Waals surface area contributed by atoms with Crippen molar-refractivity contribution in [3.8, 4) is 0 Å². The molecular formula is C19H18N2O4. The predicted octanol–water partition coefficient (Wildman–Crippen LogP) is 2.11. The second-order valence-corrected chi connectivity index (χ2v) is 6.27. The monoisotopic (exact) mass is 338 g/mol. The van der Waals surface area contributed by atoms with Gasteiger partial charge in [0, 0.05) is 23.3 Å². The lowest BCUT2D eigenvalue weighted by atomic mass is 10.00. The number of esters is 1. The van der Waals surface area contributed by atoms with Crippen molar-refractivity contribution in [2.24, 2.45) is 0 Å². The summed E-state index contributed by atoms with van der Waals surface area (Å²) in [6, 6.07) is 4.94. The summed E-state index contributed by atoms with van der Waals surface area (Å²) in [7, 11) is 0. The van der Waals surface area contributed by atoms with Crippen LogP contribution in [0.5, 0.6) is 0 Å². The summed E-state index contributed by atoms with van der Waals surface area (Å²) in [5.41, 5.74) is 3.34. The highest BCUT2D eigenvalue weighted by atomic mass is 16.5. The normalized spacial score (nSPS) is 21.3. The number of nitrogens with zero attached hydrogens (tertiary/aromatic N) is 1. The summed E-state index contributed by atoms with van der Waals surface area (Å²) in [4.78, 5) is 38.4. The molecule has 2 heterocycles. The fourth-order valence-electron chi connectivity index (χ4n) is 3.53. The van der Waals surface area contributed by atoms with Crippen LogP contribution in [0.1, 0.15) is 25.3 Å². The molecule has 1 atom stereocenters. The van der Waals surface area contributed by atoms with Crippen molar-refractivity contribution in [1.82, 2.24) is 0 Å². The molecule has 2 aliphatic heterocycles. The Kier molecular flexibility index (Phi) is 3.67. The van der Waals surface area contributed by atoms with Crippen LogP contribution in [0, 0.1) is 0 Å². The molecule has 0 aromatic heterocycles. The summed E-state index contributed by atoms with van der Waals surface area (Å²) >= 11 is 0. The van der Waals surface area contributed by atoms with Crippen LogP contribution < -0.4 is 10.2 Å². The van der Waals surface area contributed by atoms with E-state index >= 15 is 0 Å². The van der Waals surface area contributed by atoms with Gasteiger partial charge in [-0.3, -0.25) is 9.59 Å². The molecule has 0 unspecified atom stereocenters. The molecule has 1 N–H and O–H groups in total. The van der Waals surface area contributed by atoms with E-state index in [9.17, 15) is 14.4 Å². The molecule has 3 aliphatic rings. The Morgan fingerprint density at radius 2 is 2.16 bits per heavy atom. The van der Waals surface area contributed by atoms with Gasteiger partial charge in [0.15, 0.2) is 0 Å². The Balaban J connectivity index is 1.60. The lowest BCUT2D eigenvalue weighted by Gasteiger charge is -2.16. The Morgan fingerprint density at radius 3 is 2.92 bits per heavy atom. The number of benzene rings is 1. The summed E-state index contributed by atoms with van der Waals surface area (Å²) in [6.45, 7) is 2.10. The molecule has 0 fully saturated rings. The van der Waals surface area contributed by atoms with Crippen molar-refractivity contribution < 1.29 is 19.1 Å². The quantitative estimate of drug-likeness (QED) is 0.675. The molecule has 6 heteroatoms. The number of imide groups is 1. The fraction of sp³-hybridized carbons (Fsp3) is 0.316. The third-order valence-corrected chi connectivity index (χ3v) is 4.74. The van der Waals surface area contributed by atoms with Gasteiger partial charge in [0.1, 0.15) is 6.04 Å². The SMILES string of the molecule is CCOC(=O)[C@@H]1Cc2ccc(N3C(=O)C4=C(CCC=C4)C3=O)cc2N1. The third kappa shape index (κ3) is 2.45. The van der Waals surface area contributed by atoms with Crippen LogP contribution in [0.3, 0.4) is 0 Å². The van der Waals surface area contributed by atoms with Crippen LogP contribution in [-0.4, -0.2) is 30.4 Å². The molecule has 0 saturated heterocycles. The first-order valence-corrected chi connectivity index (χ1v) is 8.44. The summed E-state index contributed by atoms with van der Waals surface area (Å²) in [5, 5.41) is 3.12. The van der Waals surface area contributed by atoms with Crippen LogP contribution in [0.4, 0.5) is 11.4 Å². The molecule has 0 spiro atoms. The number of hydrogen-bond donors (Lipinski definition) is 1. The zero-order valence-electron chi connectivity index (χ0n) is 13.9. The summed E-state index contributed by atoms with van der Waals surface area (Å²) in [5.74, 6) is -0.823. The van der Waals surface area contributed by atoms with E-state index in [0.29, 0.717) is 36.3 Å². The molecule has 0 saturated carbocycles. The molecule has 1 aromatic carbocycles. The van der Waals surface area contributed by atoms with Gasteiger partial charge in [0.05, 0.1) is 12.3 Å². The van der Waals surface area contributed by atoms with Crippen molar-refractivity contribution in [1.29, 1.82) is 0 Å². The Hall–Kier alpha value is -2.89. The number of ether oxygens (including phenoxy) is 1. The van der Waals surface area contributed by atoms with Gasteiger partial charge < -0.3 is 10.1 Å². The van der Waals surface area contributed by atoms with E-state index in [0.717, 1.165) is 17.7 Å². The maximum atomic E-state index is 12.6. The molecule has 2 amide bonds. The Bertz CT molecular complexity index is 853. The number of hydrogen-bond acceptors (Lipinski definition) is 5. The number of nitrogens with one attached hydrogen (secondary N) is 1. The maximum Gasteiger partial charge on any atom is 0.328 e. The van der Waals surface area contributed by atoms with Gasteiger partial charge in [-0.25, -0.2) is 9.69 Å². The highest BCUT2D eigenvalue weighted by molar-refractivity contribution is 6.34. The first kappa shape index (κ1) is 15.6. The summed E-state index contributed by atoms with van der Waals surface area (Å²) < 4.78 is 5.05. The van der Waals surface area contributed by atoms with Crippen LogP contribution in [-0.2, 0) is 25.5 Å². The number of amides is 2. The van der Waals surface area contributed by atoms with E-state index in [1.54, 1.807) is 25.1 Å². The summed E-state index contributed by atoms with van der Waals surface area (Å²) in [6.07, 6.45) is 5.57. The Morgan fingerprint density at radius 1 is 1.32 bits per heavy atom. The largest absolute Gasteiger partial charge is 0.464 e. The zero-order chi connectivity index (χ0) is 17.6. The molecule has 0 bridgehead atoms. The molecule has 1 aliphatic carbocycles. The number of carbonyl (C=O) groups is 3. The van der Waals surface area contributed by atoms with E-state index in [2.05, 4.69) is 5.32 Å². The van der Waals surface area contributed by atoms with E-state index in [4.69, 9.17) is 4.74 Å². The second-order valence-electron chi connectivity index (χ2n) is 6.27. The number of fused-ring (bicyclic) bond motifs is 1. The first-order valence-electron chi connectivity index (χ1n) is 8.44. The van der Waals surface area contributed by atoms with E-state index in [1.807, 2.05) is 12.1 Å². The van der Waals surface area contributed by atoms with Crippen molar-refractivity contribution in [2.45, 2.75) is 32.2 Å². The van der Waals surface area contributed by atoms with E-state index in [1.165, 1.54) is 4.90 Å². The average molecular weight is 338 g/mol. The minimum Gasteiger partial charge on any atom is -0.464 e. The number of carbonyl (C=O) groups excluding carboxylic acids is 3. The molecule has 4 rings (SSSR count). The lowest BCUT2D eigenvalue weighted by Crippen LogP contribution is -2.31. The zero-order valence-corrected chi connectivity index (χ0v) is 13.9. The maximum absolute atomic E-state index is 12.6. The molecular weight excluding hydrogens is 320 g/mol. The van der Waals surface area contributed by atoms with Gasteiger partial charge in [0.2, 0.25) is 0 Å². The van der Waals surface area contributed by atoms with Gasteiger partial charge in [-0.15, -0.1) is 0 Å². The van der Waals surface area contributed by atoms with Crippen LogP contribution >= 0.6 is 0 Å². The van der Waals surface area contributed by atoms with Gasteiger partial charge in [-0.05, 0) is 37.5 Å². The minimum absolute atomic E-state index is 0.246. The van der Waals surface area contributed by atoms with Gasteiger partial charge in [0.25, 0.3) is 11.8 Å². The van der Waals surface area contributed by atoms with Crippen molar-refractivity contribution in [2.75, 3.05) is 16.8 Å². The second kappa shape index (κ2) is 5.88. The van der Waals surface area contributed by atoms with Crippen molar-refractivity contribution in [3.63, 3.8) is 0 Å². The van der Waals surface area contributed by atoms with Crippen LogP contribution in [0.2, 0.25) is 0 Å². The molecule has 25 heavy (non-hydrogen) atoms. The van der Waals surface area contributed by atoms with Gasteiger partial charge >= 0.3 is 5.97 Å². The van der Waals surface area contributed by atoms with E-state index in [-0.39, 0.29) is 17.8 Å². The van der Waals surface area contributed by atoms with Crippen molar-refractivity contribution >= 4 is 29.2 Å². The highest BCUT2D eigenvalue weighted by Crippen LogP contribution is 2.36. The minimum atomic E-state index is -0.426. The standard InChI is InChI=1S/C19H18N2O4/c1-2-25-19(24)16-9-11-7-8-12(10-15(11)20-16)21-17(22)13-5-3-4-6-14(13)18(21)23/h3,5,7-8,10,16,20H,2,4,6,9H2,1H3/t16-/m0/s1. The predicted molar refractivity (Wildman–Crippen MR) is 92.1 cm³/mol. The number of rotatable bonds is 3. The highest BCUT2D eigenvalue weighted by Gasteiger charge is 2.39. The fourth-order valence-corrected chi connectivity index (χ4v) is 3.53. The van der Waals surface area contributed by atoms with Crippen LogP contribution in [0.25, 0.3) is 0 Å². The molecule has 1 aromatic rings. The van der Waals surface area contributed by atoms with Crippen LogP contribution in [0.15, 0.2) is 41.5 Å². The first-order chi connectivity index (χ1) is 12.1. The number of allylic oxidation sites excluding steroid dienone is 1. The van der Waals surface area contributed by atoms with Crippen molar-refractivity contribution in [3.05, 3.63) is 47.1 Å². The Labute approximate surface area is 145 Å². The number of anilines is 2. The molecule has 6 nitrogen and oxygen atoms in total.